The molecule has 0 radical (unpaired) electrons. The minimum atomic E-state index is -0.284. The number of halogens is 3. The Bertz CT molecular complexity index is 520. The van der Waals surface area contributed by atoms with E-state index in [0.717, 1.165) is 3.57 Å². The molecule has 0 atom stereocenters. The number of hydrogen-bond acceptors (Lipinski definition) is 4. The van der Waals surface area contributed by atoms with Crippen molar-refractivity contribution in [3.63, 3.8) is 0 Å². The lowest BCUT2D eigenvalue weighted by atomic mass is 10.3. The molecule has 0 spiro atoms. The van der Waals surface area contributed by atoms with Crippen molar-refractivity contribution >= 4 is 45.9 Å². The molecule has 7 heteroatoms. The predicted molar refractivity (Wildman–Crippen MR) is 71.1 cm³/mol. The number of aryl methyl sites for hydroxylation is 1. The number of anilines is 2. The first-order valence-electron chi connectivity index (χ1n) is 4.79. The molecule has 0 saturated heterocycles. The summed E-state index contributed by atoms with van der Waals surface area (Å²) in [5.74, 6) is 0.614. The van der Waals surface area contributed by atoms with Crippen LogP contribution < -0.4 is 5.32 Å². The molecule has 1 aromatic carbocycles. The number of benzene rings is 1. The van der Waals surface area contributed by atoms with Crippen LogP contribution in [0.15, 0.2) is 22.6 Å². The van der Waals surface area contributed by atoms with E-state index in [2.05, 4.69) is 15.5 Å². The minimum Gasteiger partial charge on any atom is -0.408 e. The number of alkyl halides is 1. The Balaban J connectivity index is 2.13. The van der Waals surface area contributed by atoms with E-state index < -0.39 is 0 Å². The highest BCUT2D eigenvalue weighted by Gasteiger charge is 2.08. The van der Waals surface area contributed by atoms with Gasteiger partial charge in [-0.3, -0.25) is 0 Å². The molecule has 0 bridgehead atoms. The van der Waals surface area contributed by atoms with Gasteiger partial charge < -0.3 is 9.73 Å². The quantitative estimate of drug-likeness (QED) is 0.665. The maximum atomic E-state index is 12.9. The molecular formula is C10H8ClFIN3O. The van der Waals surface area contributed by atoms with E-state index in [4.69, 9.17) is 16.0 Å². The molecular weight excluding hydrogens is 359 g/mol. The summed E-state index contributed by atoms with van der Waals surface area (Å²) in [5.41, 5.74) is 0.716. The Hall–Kier alpha value is -0.890. The molecule has 1 aromatic heterocycles. The largest absolute Gasteiger partial charge is 0.408 e. The van der Waals surface area contributed by atoms with Gasteiger partial charge in [-0.05, 0) is 40.8 Å². The van der Waals surface area contributed by atoms with E-state index in [1.165, 1.54) is 12.1 Å². The van der Waals surface area contributed by atoms with Crippen LogP contribution in [-0.2, 0) is 6.42 Å². The van der Waals surface area contributed by atoms with Crippen LogP contribution in [0.1, 0.15) is 5.89 Å². The summed E-state index contributed by atoms with van der Waals surface area (Å²) in [6.45, 7) is 0. The highest BCUT2D eigenvalue weighted by atomic mass is 127. The maximum absolute atomic E-state index is 12.9. The van der Waals surface area contributed by atoms with Gasteiger partial charge in [0.25, 0.3) is 0 Å². The maximum Gasteiger partial charge on any atom is 0.320 e. The lowest BCUT2D eigenvalue weighted by Gasteiger charge is -2.03. The molecule has 4 nitrogen and oxygen atoms in total. The van der Waals surface area contributed by atoms with Crippen molar-refractivity contribution in [3.05, 3.63) is 33.5 Å². The van der Waals surface area contributed by atoms with Crippen LogP contribution in [0, 0.1) is 9.39 Å². The number of nitrogens with zero attached hydrogens (tertiary/aromatic N) is 2. The lowest BCUT2D eigenvalue weighted by Crippen LogP contribution is -1.93. The van der Waals surface area contributed by atoms with Crippen LogP contribution >= 0.6 is 34.2 Å². The zero-order chi connectivity index (χ0) is 12.3. The molecule has 0 aliphatic carbocycles. The summed E-state index contributed by atoms with van der Waals surface area (Å²) in [6, 6.07) is 4.66. The molecule has 2 rings (SSSR count). The smallest absolute Gasteiger partial charge is 0.320 e. The Morgan fingerprint density at radius 1 is 1.41 bits per heavy atom. The second-order valence-electron chi connectivity index (χ2n) is 3.19. The summed E-state index contributed by atoms with van der Waals surface area (Å²) in [6.07, 6.45) is 0.525. The molecule has 1 N–H and O–H groups in total. The molecule has 0 unspecified atom stereocenters. The van der Waals surface area contributed by atoms with Crippen molar-refractivity contribution in [2.24, 2.45) is 0 Å². The molecule has 0 amide bonds. The number of hydrogen-bond donors (Lipinski definition) is 1. The van der Waals surface area contributed by atoms with Crippen LogP contribution in [0.2, 0.25) is 0 Å². The molecule has 2 aromatic rings. The average Bonchev–Trinajstić information content (AvgIpc) is 2.71. The molecule has 1 heterocycles. The number of nitrogens with one attached hydrogen (secondary N) is 1. The van der Waals surface area contributed by atoms with E-state index in [1.54, 1.807) is 6.07 Å². The third-order valence-electron chi connectivity index (χ3n) is 1.95. The first-order chi connectivity index (χ1) is 8.19. The zero-order valence-corrected chi connectivity index (χ0v) is 11.5. The Morgan fingerprint density at radius 3 is 2.94 bits per heavy atom. The summed E-state index contributed by atoms with van der Waals surface area (Å²) in [5, 5.41) is 10.5. The zero-order valence-electron chi connectivity index (χ0n) is 8.58. The van der Waals surface area contributed by atoms with Crippen LogP contribution in [0.5, 0.6) is 0 Å². The van der Waals surface area contributed by atoms with Gasteiger partial charge in [-0.15, -0.1) is 16.7 Å². The fraction of sp³-hybridized carbons (Fsp3) is 0.200. The van der Waals surface area contributed by atoms with Crippen LogP contribution in [0.25, 0.3) is 0 Å². The first-order valence-corrected chi connectivity index (χ1v) is 6.41. The summed E-state index contributed by atoms with van der Waals surface area (Å²) >= 11 is 7.58. The third kappa shape index (κ3) is 3.29. The molecule has 0 aliphatic rings. The fourth-order valence-corrected chi connectivity index (χ4v) is 1.97. The van der Waals surface area contributed by atoms with Crippen LogP contribution in [0.4, 0.5) is 16.1 Å². The minimum absolute atomic E-state index is 0.273. The summed E-state index contributed by atoms with van der Waals surface area (Å²) in [4.78, 5) is 0. The average molecular weight is 368 g/mol. The van der Waals surface area contributed by atoms with Crippen molar-refractivity contribution in [1.29, 1.82) is 0 Å². The molecule has 90 valence electrons. The van der Waals surface area contributed by atoms with Gasteiger partial charge in [0.15, 0.2) is 0 Å². The van der Waals surface area contributed by atoms with Crippen LogP contribution in [0.3, 0.4) is 0 Å². The Labute approximate surface area is 116 Å². The summed E-state index contributed by atoms with van der Waals surface area (Å²) < 4.78 is 18.9. The van der Waals surface area contributed by atoms with Crippen LogP contribution in [-0.4, -0.2) is 16.1 Å². The van der Waals surface area contributed by atoms with Gasteiger partial charge in [-0.25, -0.2) is 4.39 Å². The highest BCUT2D eigenvalue weighted by molar-refractivity contribution is 14.1. The SMILES string of the molecule is Fc1ccc(Nc2nnc(CCCl)o2)c(I)c1. The van der Waals surface area contributed by atoms with E-state index >= 15 is 0 Å². The molecule has 0 aliphatic heterocycles. The van der Waals surface area contributed by atoms with Gasteiger partial charge in [0.1, 0.15) is 5.82 Å². The standard InChI is InChI=1S/C10H8ClFIN3O/c11-4-3-9-15-16-10(17-9)14-8-2-1-6(12)5-7(8)13/h1-2,5H,3-4H2,(H,14,16). The Morgan fingerprint density at radius 2 is 2.24 bits per heavy atom. The topological polar surface area (TPSA) is 51.0 Å². The van der Waals surface area contributed by atoms with E-state index in [-0.39, 0.29) is 11.8 Å². The van der Waals surface area contributed by atoms with Gasteiger partial charge >= 0.3 is 6.01 Å². The van der Waals surface area contributed by atoms with Crippen molar-refractivity contribution < 1.29 is 8.81 Å². The number of aromatic nitrogens is 2. The van der Waals surface area contributed by atoms with Gasteiger partial charge in [0.2, 0.25) is 5.89 Å². The molecule has 0 saturated carbocycles. The van der Waals surface area contributed by atoms with Gasteiger partial charge in [0.05, 0.1) is 5.69 Å². The van der Waals surface area contributed by atoms with Gasteiger partial charge in [-0.2, -0.15) is 0 Å². The van der Waals surface area contributed by atoms with Gasteiger partial charge in [0, 0.05) is 15.9 Å². The summed E-state index contributed by atoms with van der Waals surface area (Å²) in [7, 11) is 0. The van der Waals surface area contributed by atoms with Crippen molar-refractivity contribution in [2.45, 2.75) is 6.42 Å². The first kappa shape index (κ1) is 12.6. The number of rotatable bonds is 4. The van der Waals surface area contributed by atoms with E-state index in [1.807, 2.05) is 22.6 Å². The highest BCUT2D eigenvalue weighted by Crippen LogP contribution is 2.22. The second kappa shape index (κ2) is 5.63. The predicted octanol–water partition coefficient (Wildman–Crippen LogP) is 3.34. The fourth-order valence-electron chi connectivity index (χ4n) is 1.19. The third-order valence-corrected chi connectivity index (χ3v) is 3.03. The van der Waals surface area contributed by atoms with E-state index in [0.29, 0.717) is 23.9 Å². The monoisotopic (exact) mass is 367 g/mol. The normalized spacial score (nSPS) is 10.5. The second-order valence-corrected chi connectivity index (χ2v) is 4.73. The van der Waals surface area contributed by atoms with Crippen molar-refractivity contribution in [3.8, 4) is 0 Å². The van der Waals surface area contributed by atoms with Crippen molar-refractivity contribution in [1.82, 2.24) is 10.2 Å². The van der Waals surface area contributed by atoms with Crippen molar-refractivity contribution in [2.75, 3.05) is 11.2 Å². The van der Waals surface area contributed by atoms with E-state index in [9.17, 15) is 4.39 Å². The van der Waals surface area contributed by atoms with Gasteiger partial charge in [-0.1, -0.05) is 5.10 Å². The molecule has 17 heavy (non-hydrogen) atoms. The molecule has 0 fully saturated rings. The Kier molecular flexibility index (Phi) is 4.16. The lowest BCUT2D eigenvalue weighted by molar-refractivity contribution is 0.516.